The Hall–Kier alpha value is -1.42. The largest absolute Gasteiger partial charge is 0.494 e. The lowest BCUT2D eigenvalue weighted by molar-refractivity contribution is 0.0904. The SMILES string of the molecule is CCOc1cc(N)cc(NC2CCOCC2)c1. The Morgan fingerprint density at radius 2 is 2.12 bits per heavy atom. The molecule has 1 fully saturated rings. The van der Waals surface area contributed by atoms with Crippen molar-refractivity contribution in [2.24, 2.45) is 0 Å². The zero-order chi connectivity index (χ0) is 12.1. The first-order chi connectivity index (χ1) is 8.28. The Bertz CT molecular complexity index is 362. The van der Waals surface area contributed by atoms with E-state index in [4.69, 9.17) is 15.2 Å². The highest BCUT2D eigenvalue weighted by Gasteiger charge is 2.13. The molecule has 0 amide bonds. The first-order valence-corrected chi connectivity index (χ1v) is 6.15. The average Bonchev–Trinajstić information content (AvgIpc) is 2.30. The van der Waals surface area contributed by atoms with Crippen molar-refractivity contribution in [3.05, 3.63) is 18.2 Å². The number of nitrogens with two attached hydrogens (primary N) is 1. The van der Waals surface area contributed by atoms with Crippen LogP contribution in [0.4, 0.5) is 11.4 Å². The van der Waals surface area contributed by atoms with Crippen molar-refractivity contribution in [2.75, 3.05) is 30.9 Å². The van der Waals surface area contributed by atoms with E-state index in [2.05, 4.69) is 5.32 Å². The molecule has 1 saturated heterocycles. The van der Waals surface area contributed by atoms with Crippen molar-refractivity contribution in [3.8, 4) is 5.75 Å². The van der Waals surface area contributed by atoms with Crippen LogP contribution >= 0.6 is 0 Å². The number of ether oxygens (including phenoxy) is 2. The fourth-order valence-electron chi connectivity index (χ4n) is 2.03. The number of hydrogen-bond acceptors (Lipinski definition) is 4. The summed E-state index contributed by atoms with van der Waals surface area (Å²) in [6, 6.07) is 6.26. The van der Waals surface area contributed by atoms with E-state index in [0.29, 0.717) is 12.6 Å². The number of nitrogen functional groups attached to an aromatic ring is 1. The van der Waals surface area contributed by atoms with E-state index in [-0.39, 0.29) is 0 Å². The van der Waals surface area contributed by atoms with Gasteiger partial charge in [0.15, 0.2) is 0 Å². The predicted molar refractivity (Wildman–Crippen MR) is 69.5 cm³/mol. The summed E-state index contributed by atoms with van der Waals surface area (Å²) in [5.74, 6) is 0.821. The Morgan fingerprint density at radius 1 is 1.35 bits per heavy atom. The molecular weight excluding hydrogens is 216 g/mol. The minimum absolute atomic E-state index is 0.472. The summed E-state index contributed by atoms with van der Waals surface area (Å²) >= 11 is 0. The molecule has 0 aromatic heterocycles. The van der Waals surface area contributed by atoms with Crippen molar-refractivity contribution in [1.82, 2.24) is 0 Å². The highest BCUT2D eigenvalue weighted by Crippen LogP contribution is 2.24. The van der Waals surface area contributed by atoms with Crippen LogP contribution in [0, 0.1) is 0 Å². The van der Waals surface area contributed by atoms with Crippen LogP contribution in [0.5, 0.6) is 5.75 Å². The van der Waals surface area contributed by atoms with Crippen LogP contribution in [-0.4, -0.2) is 25.9 Å². The van der Waals surface area contributed by atoms with E-state index >= 15 is 0 Å². The average molecular weight is 236 g/mol. The lowest BCUT2D eigenvalue weighted by atomic mass is 10.1. The molecule has 1 aliphatic rings. The van der Waals surface area contributed by atoms with Crippen LogP contribution < -0.4 is 15.8 Å². The van der Waals surface area contributed by atoms with Crippen LogP contribution in [0.15, 0.2) is 18.2 Å². The van der Waals surface area contributed by atoms with Crippen LogP contribution in [0.25, 0.3) is 0 Å². The van der Waals surface area contributed by atoms with Gasteiger partial charge in [0, 0.05) is 42.8 Å². The molecule has 0 radical (unpaired) electrons. The topological polar surface area (TPSA) is 56.5 Å². The summed E-state index contributed by atoms with van der Waals surface area (Å²) in [5.41, 5.74) is 7.61. The van der Waals surface area contributed by atoms with Gasteiger partial charge in [0.25, 0.3) is 0 Å². The van der Waals surface area contributed by atoms with Gasteiger partial charge in [0.05, 0.1) is 6.61 Å². The normalized spacial score (nSPS) is 16.8. The Balaban J connectivity index is 2.03. The number of nitrogens with one attached hydrogen (secondary N) is 1. The van der Waals surface area contributed by atoms with Crippen molar-refractivity contribution in [2.45, 2.75) is 25.8 Å². The maximum absolute atomic E-state index is 5.85. The Labute approximate surface area is 102 Å². The molecule has 4 nitrogen and oxygen atoms in total. The summed E-state index contributed by atoms with van der Waals surface area (Å²) in [4.78, 5) is 0. The van der Waals surface area contributed by atoms with E-state index in [0.717, 1.165) is 43.2 Å². The minimum Gasteiger partial charge on any atom is -0.494 e. The standard InChI is InChI=1S/C13H20N2O2/c1-2-17-13-8-10(14)7-12(9-13)15-11-3-5-16-6-4-11/h7-9,11,15H,2-6,14H2,1H3. The maximum atomic E-state index is 5.85. The molecule has 2 rings (SSSR count). The number of hydrogen-bond donors (Lipinski definition) is 2. The van der Waals surface area contributed by atoms with Gasteiger partial charge in [0.1, 0.15) is 5.75 Å². The molecule has 0 spiro atoms. The molecule has 0 bridgehead atoms. The lowest BCUT2D eigenvalue weighted by Gasteiger charge is -2.24. The van der Waals surface area contributed by atoms with Crippen LogP contribution in [0.3, 0.4) is 0 Å². The summed E-state index contributed by atoms with van der Waals surface area (Å²) in [6.07, 6.45) is 2.08. The van der Waals surface area contributed by atoms with Crippen molar-refractivity contribution >= 4 is 11.4 Å². The molecule has 1 aromatic rings. The summed E-state index contributed by atoms with van der Waals surface area (Å²) in [6.45, 7) is 4.28. The second-order valence-electron chi connectivity index (χ2n) is 4.25. The second kappa shape index (κ2) is 5.77. The van der Waals surface area contributed by atoms with E-state index in [1.807, 2.05) is 25.1 Å². The molecule has 0 atom stereocenters. The molecule has 94 valence electrons. The summed E-state index contributed by atoms with van der Waals surface area (Å²) in [7, 11) is 0. The van der Waals surface area contributed by atoms with E-state index in [1.165, 1.54) is 0 Å². The van der Waals surface area contributed by atoms with Crippen molar-refractivity contribution < 1.29 is 9.47 Å². The molecular formula is C13H20N2O2. The molecule has 0 saturated carbocycles. The third-order valence-electron chi connectivity index (χ3n) is 2.83. The zero-order valence-electron chi connectivity index (χ0n) is 10.2. The van der Waals surface area contributed by atoms with Crippen LogP contribution in [-0.2, 0) is 4.74 Å². The minimum atomic E-state index is 0.472. The van der Waals surface area contributed by atoms with Crippen molar-refractivity contribution in [1.29, 1.82) is 0 Å². The van der Waals surface area contributed by atoms with E-state index < -0.39 is 0 Å². The molecule has 3 N–H and O–H groups in total. The fourth-order valence-corrected chi connectivity index (χ4v) is 2.03. The lowest BCUT2D eigenvalue weighted by Crippen LogP contribution is -2.27. The quantitative estimate of drug-likeness (QED) is 0.787. The summed E-state index contributed by atoms with van der Waals surface area (Å²) in [5, 5.41) is 3.48. The number of rotatable bonds is 4. The fraction of sp³-hybridized carbons (Fsp3) is 0.538. The van der Waals surface area contributed by atoms with Gasteiger partial charge in [-0.2, -0.15) is 0 Å². The van der Waals surface area contributed by atoms with Gasteiger partial charge in [-0.15, -0.1) is 0 Å². The molecule has 1 aliphatic heterocycles. The van der Waals surface area contributed by atoms with Gasteiger partial charge in [-0.1, -0.05) is 0 Å². The van der Waals surface area contributed by atoms with Gasteiger partial charge >= 0.3 is 0 Å². The highest BCUT2D eigenvalue weighted by molar-refractivity contribution is 5.59. The highest BCUT2D eigenvalue weighted by atomic mass is 16.5. The molecule has 1 heterocycles. The molecule has 17 heavy (non-hydrogen) atoms. The van der Waals surface area contributed by atoms with E-state index in [1.54, 1.807) is 0 Å². The molecule has 4 heteroatoms. The monoisotopic (exact) mass is 236 g/mol. The molecule has 0 unspecified atom stereocenters. The molecule has 0 aliphatic carbocycles. The van der Waals surface area contributed by atoms with Gasteiger partial charge in [0.2, 0.25) is 0 Å². The molecule has 1 aromatic carbocycles. The zero-order valence-corrected chi connectivity index (χ0v) is 10.2. The van der Waals surface area contributed by atoms with Gasteiger partial charge in [-0.3, -0.25) is 0 Å². The predicted octanol–water partition coefficient (Wildman–Crippen LogP) is 2.26. The van der Waals surface area contributed by atoms with Gasteiger partial charge in [-0.05, 0) is 25.8 Å². The third kappa shape index (κ3) is 3.53. The maximum Gasteiger partial charge on any atom is 0.123 e. The van der Waals surface area contributed by atoms with Crippen LogP contribution in [0.1, 0.15) is 19.8 Å². The first kappa shape index (κ1) is 12.0. The third-order valence-corrected chi connectivity index (χ3v) is 2.83. The van der Waals surface area contributed by atoms with Gasteiger partial charge in [-0.25, -0.2) is 0 Å². The van der Waals surface area contributed by atoms with E-state index in [9.17, 15) is 0 Å². The van der Waals surface area contributed by atoms with Crippen LogP contribution in [0.2, 0.25) is 0 Å². The van der Waals surface area contributed by atoms with Crippen molar-refractivity contribution in [3.63, 3.8) is 0 Å². The Kier molecular flexibility index (Phi) is 4.09. The Morgan fingerprint density at radius 3 is 2.82 bits per heavy atom. The second-order valence-corrected chi connectivity index (χ2v) is 4.25. The number of benzene rings is 1. The summed E-state index contributed by atoms with van der Waals surface area (Å²) < 4.78 is 10.8. The first-order valence-electron chi connectivity index (χ1n) is 6.15. The smallest absolute Gasteiger partial charge is 0.123 e. The van der Waals surface area contributed by atoms with Gasteiger partial charge < -0.3 is 20.5 Å². The number of anilines is 2.